The van der Waals surface area contributed by atoms with E-state index < -0.39 is 0 Å². The lowest BCUT2D eigenvalue weighted by atomic mass is 10.1. The molecule has 0 saturated carbocycles. The Hall–Kier alpha value is -2.64. The topological polar surface area (TPSA) is 74.8 Å². The van der Waals surface area contributed by atoms with Gasteiger partial charge >= 0.3 is 0 Å². The van der Waals surface area contributed by atoms with Gasteiger partial charge in [0.2, 0.25) is 5.91 Å². The number of halogens is 2. The molecule has 2 N–H and O–H groups in total. The molecule has 0 bridgehead atoms. The van der Waals surface area contributed by atoms with Crippen LogP contribution in [0.25, 0.3) is 0 Å². The Morgan fingerprint density at radius 2 is 1.79 bits per heavy atom. The molecule has 3 rings (SSSR count). The number of H-pyrrole nitrogens is 1. The van der Waals surface area contributed by atoms with E-state index >= 15 is 0 Å². The molecule has 5 nitrogen and oxygen atoms in total. The summed E-state index contributed by atoms with van der Waals surface area (Å²) in [5, 5.41) is 3.88. The molecule has 1 heterocycles. The van der Waals surface area contributed by atoms with Crippen molar-refractivity contribution in [3.63, 3.8) is 0 Å². The molecule has 0 aliphatic carbocycles. The van der Waals surface area contributed by atoms with Crippen LogP contribution in [0.5, 0.6) is 0 Å². The van der Waals surface area contributed by atoms with Crippen molar-refractivity contribution >= 4 is 29.3 Å². The van der Waals surface area contributed by atoms with Crippen LogP contribution in [0.2, 0.25) is 5.02 Å². The van der Waals surface area contributed by atoms with E-state index in [-0.39, 0.29) is 23.7 Å². The van der Waals surface area contributed by atoms with Gasteiger partial charge in [-0.25, -0.2) is 9.37 Å². The minimum absolute atomic E-state index is 0.0509. The standard InChI is InChI=1S/C21H19ClFN3O2S/c1-13-18(10-19(27)24-11-14-2-6-16(22)7-3-14)20(28)26-21(25-13)29-12-15-4-8-17(23)9-5-15/h2-9H,10-12H2,1H3,(H,24,27)(H,25,26,28). The molecule has 0 spiro atoms. The third-order valence-corrected chi connectivity index (χ3v) is 5.43. The first-order chi connectivity index (χ1) is 13.9. The van der Waals surface area contributed by atoms with Gasteiger partial charge in [0, 0.05) is 28.6 Å². The molecule has 3 aromatic rings. The van der Waals surface area contributed by atoms with Gasteiger partial charge in [0.25, 0.3) is 5.56 Å². The number of carbonyl (C=O) groups is 1. The zero-order valence-electron chi connectivity index (χ0n) is 15.7. The van der Waals surface area contributed by atoms with E-state index in [1.807, 2.05) is 12.1 Å². The normalized spacial score (nSPS) is 10.7. The average Bonchev–Trinajstić information content (AvgIpc) is 2.70. The van der Waals surface area contributed by atoms with Crippen molar-refractivity contribution in [2.24, 2.45) is 0 Å². The number of carbonyl (C=O) groups excluding carboxylic acids is 1. The van der Waals surface area contributed by atoms with E-state index in [1.54, 1.807) is 31.2 Å². The zero-order chi connectivity index (χ0) is 20.8. The molecule has 0 atom stereocenters. The summed E-state index contributed by atoms with van der Waals surface area (Å²) in [5.41, 5.74) is 2.35. The van der Waals surface area contributed by atoms with Gasteiger partial charge in [0.1, 0.15) is 5.82 Å². The first-order valence-electron chi connectivity index (χ1n) is 8.89. The Morgan fingerprint density at radius 1 is 1.14 bits per heavy atom. The van der Waals surface area contributed by atoms with Crippen LogP contribution in [-0.2, 0) is 23.5 Å². The average molecular weight is 432 g/mol. The molecule has 1 aromatic heterocycles. The van der Waals surface area contributed by atoms with Crippen molar-refractivity contribution in [2.45, 2.75) is 30.8 Å². The predicted molar refractivity (Wildman–Crippen MR) is 113 cm³/mol. The lowest BCUT2D eigenvalue weighted by Gasteiger charge is -2.08. The van der Waals surface area contributed by atoms with Crippen LogP contribution in [0.15, 0.2) is 58.5 Å². The van der Waals surface area contributed by atoms with Crippen LogP contribution >= 0.6 is 23.4 Å². The van der Waals surface area contributed by atoms with Gasteiger partial charge in [0.05, 0.1) is 6.42 Å². The second kappa shape index (κ2) is 9.71. The highest BCUT2D eigenvalue weighted by Crippen LogP contribution is 2.19. The Labute approximate surface area is 176 Å². The summed E-state index contributed by atoms with van der Waals surface area (Å²) in [6, 6.07) is 13.3. The number of nitrogens with one attached hydrogen (secondary N) is 2. The van der Waals surface area contributed by atoms with Crippen molar-refractivity contribution < 1.29 is 9.18 Å². The largest absolute Gasteiger partial charge is 0.352 e. The summed E-state index contributed by atoms with van der Waals surface area (Å²) in [5.74, 6) is -0.00859. The third kappa shape index (κ3) is 6.17. The summed E-state index contributed by atoms with van der Waals surface area (Å²) < 4.78 is 13.0. The lowest BCUT2D eigenvalue weighted by Crippen LogP contribution is -2.28. The SMILES string of the molecule is Cc1nc(SCc2ccc(F)cc2)[nH]c(=O)c1CC(=O)NCc1ccc(Cl)cc1. The van der Waals surface area contributed by atoms with Crippen LogP contribution in [0, 0.1) is 12.7 Å². The number of thioether (sulfide) groups is 1. The van der Waals surface area contributed by atoms with Crippen molar-refractivity contribution in [3.8, 4) is 0 Å². The molecule has 0 radical (unpaired) electrons. The van der Waals surface area contributed by atoms with Crippen molar-refractivity contribution in [1.29, 1.82) is 0 Å². The molecular weight excluding hydrogens is 413 g/mol. The van der Waals surface area contributed by atoms with Crippen LogP contribution in [0.3, 0.4) is 0 Å². The molecule has 0 unspecified atom stereocenters. The second-order valence-corrected chi connectivity index (χ2v) is 7.83. The Morgan fingerprint density at radius 3 is 2.45 bits per heavy atom. The predicted octanol–water partition coefficient (Wildman–Crippen LogP) is 4.02. The number of aromatic nitrogens is 2. The quantitative estimate of drug-likeness (QED) is 0.437. The van der Waals surface area contributed by atoms with E-state index in [9.17, 15) is 14.0 Å². The maximum absolute atomic E-state index is 13.0. The van der Waals surface area contributed by atoms with Crippen LogP contribution in [0.1, 0.15) is 22.4 Å². The Kier molecular flexibility index (Phi) is 7.06. The number of benzene rings is 2. The molecule has 2 aromatic carbocycles. The highest BCUT2D eigenvalue weighted by Gasteiger charge is 2.13. The third-order valence-electron chi connectivity index (χ3n) is 4.23. The van der Waals surface area contributed by atoms with Crippen molar-refractivity contribution in [3.05, 3.63) is 92.1 Å². The maximum Gasteiger partial charge on any atom is 0.255 e. The molecule has 150 valence electrons. The zero-order valence-corrected chi connectivity index (χ0v) is 17.2. The van der Waals surface area contributed by atoms with E-state index in [0.29, 0.717) is 33.7 Å². The second-order valence-electron chi connectivity index (χ2n) is 6.43. The summed E-state index contributed by atoms with van der Waals surface area (Å²) >= 11 is 7.19. The van der Waals surface area contributed by atoms with Gasteiger partial charge < -0.3 is 10.3 Å². The minimum Gasteiger partial charge on any atom is -0.352 e. The molecule has 0 saturated heterocycles. The first kappa shape index (κ1) is 21.1. The number of aromatic amines is 1. The fourth-order valence-corrected chi connectivity index (χ4v) is 3.61. The molecule has 0 aliphatic heterocycles. The monoisotopic (exact) mass is 431 g/mol. The minimum atomic E-state index is -0.333. The molecule has 8 heteroatoms. The summed E-state index contributed by atoms with van der Waals surface area (Å²) in [6.45, 7) is 2.06. The van der Waals surface area contributed by atoms with E-state index in [4.69, 9.17) is 11.6 Å². The first-order valence-corrected chi connectivity index (χ1v) is 10.3. The van der Waals surface area contributed by atoms with Gasteiger partial charge in [0.15, 0.2) is 5.16 Å². The molecular formula is C21H19ClFN3O2S. The fraction of sp³-hybridized carbons (Fsp3) is 0.190. The number of rotatable bonds is 7. The maximum atomic E-state index is 13.0. The number of nitrogens with zero attached hydrogens (tertiary/aromatic N) is 1. The van der Waals surface area contributed by atoms with Crippen molar-refractivity contribution in [1.82, 2.24) is 15.3 Å². The van der Waals surface area contributed by atoms with Gasteiger partial charge in [-0.15, -0.1) is 0 Å². The highest BCUT2D eigenvalue weighted by molar-refractivity contribution is 7.98. The van der Waals surface area contributed by atoms with E-state index in [0.717, 1.165) is 11.1 Å². The number of hydrogen-bond donors (Lipinski definition) is 2. The van der Waals surface area contributed by atoms with Crippen LogP contribution < -0.4 is 10.9 Å². The molecule has 1 amide bonds. The summed E-state index contributed by atoms with van der Waals surface area (Å²) in [4.78, 5) is 31.7. The molecule has 29 heavy (non-hydrogen) atoms. The fourth-order valence-electron chi connectivity index (χ4n) is 2.62. The van der Waals surface area contributed by atoms with Gasteiger partial charge in [-0.2, -0.15) is 0 Å². The van der Waals surface area contributed by atoms with E-state index in [1.165, 1.54) is 23.9 Å². The number of aryl methyl sites for hydroxylation is 1. The smallest absolute Gasteiger partial charge is 0.255 e. The molecule has 0 fully saturated rings. The highest BCUT2D eigenvalue weighted by atomic mass is 35.5. The van der Waals surface area contributed by atoms with Gasteiger partial charge in [-0.1, -0.05) is 47.6 Å². The Balaban J connectivity index is 1.59. The lowest BCUT2D eigenvalue weighted by molar-refractivity contribution is -0.120. The Bertz CT molecular complexity index is 1050. The van der Waals surface area contributed by atoms with Crippen LogP contribution in [0.4, 0.5) is 4.39 Å². The summed E-state index contributed by atoms with van der Waals surface area (Å²) in [6.07, 6.45) is -0.0509. The number of amides is 1. The number of hydrogen-bond acceptors (Lipinski definition) is 4. The van der Waals surface area contributed by atoms with E-state index in [2.05, 4.69) is 15.3 Å². The van der Waals surface area contributed by atoms with Crippen LogP contribution in [-0.4, -0.2) is 15.9 Å². The van der Waals surface area contributed by atoms with Crippen molar-refractivity contribution in [2.75, 3.05) is 0 Å². The molecule has 0 aliphatic rings. The van der Waals surface area contributed by atoms with Gasteiger partial charge in [-0.3, -0.25) is 9.59 Å². The van der Waals surface area contributed by atoms with Gasteiger partial charge in [-0.05, 0) is 42.3 Å². The summed E-state index contributed by atoms with van der Waals surface area (Å²) in [7, 11) is 0.